The molecule has 0 aliphatic carbocycles. The average Bonchev–Trinajstić information content (AvgIpc) is 2.63. The van der Waals surface area contributed by atoms with Gasteiger partial charge in [0.25, 0.3) is 0 Å². The Morgan fingerprint density at radius 1 is 0.792 bits per heavy atom. The smallest absolute Gasteiger partial charge is 0.312 e. The van der Waals surface area contributed by atoms with Gasteiger partial charge in [0.15, 0.2) is 5.78 Å². The predicted molar refractivity (Wildman–Crippen MR) is 89.2 cm³/mol. The lowest BCUT2D eigenvalue weighted by atomic mass is 10.1. The fourth-order valence-electron chi connectivity index (χ4n) is 2.71. The largest absolute Gasteiger partial charge is 0.328 e. The van der Waals surface area contributed by atoms with Crippen molar-refractivity contribution in [1.29, 1.82) is 0 Å². The summed E-state index contributed by atoms with van der Waals surface area (Å²) in [5.74, 6) is -1.32. The van der Waals surface area contributed by atoms with E-state index < -0.39 is 11.8 Å². The zero-order valence-electron chi connectivity index (χ0n) is 13.2. The third-order valence-electron chi connectivity index (χ3n) is 4.04. The van der Waals surface area contributed by atoms with Crippen molar-refractivity contribution in [1.82, 2.24) is 9.80 Å². The second-order valence-corrected chi connectivity index (χ2v) is 5.73. The molecule has 0 unspecified atom stereocenters. The molecular weight excluding hydrogens is 304 g/mol. The highest BCUT2D eigenvalue weighted by Gasteiger charge is 2.33. The average molecular weight is 322 g/mol. The van der Waals surface area contributed by atoms with Gasteiger partial charge in [0, 0.05) is 25.2 Å². The Kier molecular flexibility index (Phi) is 4.70. The molecule has 24 heavy (non-hydrogen) atoms. The molecule has 0 bridgehead atoms. The Hall–Kier alpha value is -2.95. The summed E-state index contributed by atoms with van der Waals surface area (Å²) in [6, 6.07) is 18.3. The number of piperazine rings is 1. The third kappa shape index (κ3) is 3.51. The summed E-state index contributed by atoms with van der Waals surface area (Å²) in [5.41, 5.74) is 1.52. The Balaban J connectivity index is 1.62. The van der Waals surface area contributed by atoms with Crippen molar-refractivity contribution in [2.75, 3.05) is 19.6 Å². The number of carbonyl (C=O) groups is 3. The van der Waals surface area contributed by atoms with Gasteiger partial charge in [0.2, 0.25) is 0 Å². The third-order valence-corrected chi connectivity index (χ3v) is 4.04. The summed E-state index contributed by atoms with van der Waals surface area (Å²) in [4.78, 5) is 39.6. The molecule has 0 atom stereocenters. The van der Waals surface area contributed by atoms with Crippen LogP contribution in [0.3, 0.4) is 0 Å². The molecule has 0 radical (unpaired) electrons. The maximum Gasteiger partial charge on any atom is 0.312 e. The van der Waals surface area contributed by atoms with E-state index >= 15 is 0 Å². The Labute approximate surface area is 140 Å². The van der Waals surface area contributed by atoms with E-state index in [1.54, 1.807) is 24.3 Å². The Morgan fingerprint density at radius 3 is 2.00 bits per heavy atom. The first-order chi connectivity index (χ1) is 11.6. The minimum absolute atomic E-state index is 0.0617. The molecular formula is C19H18N2O3. The van der Waals surface area contributed by atoms with Gasteiger partial charge < -0.3 is 9.80 Å². The molecule has 1 saturated heterocycles. The number of nitrogens with zero attached hydrogens (tertiary/aromatic N) is 2. The Bertz CT molecular complexity index is 744. The minimum atomic E-state index is -0.610. The lowest BCUT2D eigenvalue weighted by Crippen LogP contribution is -2.55. The van der Waals surface area contributed by atoms with Gasteiger partial charge in [-0.05, 0) is 5.56 Å². The number of rotatable bonds is 5. The lowest BCUT2D eigenvalue weighted by Gasteiger charge is -2.33. The monoisotopic (exact) mass is 322 g/mol. The van der Waals surface area contributed by atoms with E-state index in [-0.39, 0.29) is 12.3 Å². The summed E-state index contributed by atoms with van der Waals surface area (Å²) in [5, 5.41) is 0. The van der Waals surface area contributed by atoms with Crippen molar-refractivity contribution in [2.24, 2.45) is 0 Å². The van der Waals surface area contributed by atoms with Gasteiger partial charge in [-0.2, -0.15) is 0 Å². The first kappa shape index (κ1) is 15.9. The number of carbonyl (C=O) groups excluding carboxylic acids is 3. The molecule has 1 heterocycles. The SMILES string of the molecule is O=C(CN1CCN(Cc2ccccc2)C(=O)C1=O)c1ccccc1. The number of hydrogen-bond donors (Lipinski definition) is 0. The van der Waals surface area contributed by atoms with Gasteiger partial charge in [0.05, 0.1) is 6.54 Å². The summed E-state index contributed by atoms with van der Waals surface area (Å²) in [6.07, 6.45) is 0. The van der Waals surface area contributed by atoms with E-state index in [1.165, 1.54) is 9.80 Å². The highest BCUT2D eigenvalue weighted by Crippen LogP contribution is 2.11. The van der Waals surface area contributed by atoms with Crippen molar-refractivity contribution in [3.05, 3.63) is 71.8 Å². The zero-order chi connectivity index (χ0) is 16.9. The van der Waals surface area contributed by atoms with Crippen LogP contribution in [-0.2, 0) is 16.1 Å². The molecule has 0 saturated carbocycles. The molecule has 2 amide bonds. The van der Waals surface area contributed by atoms with Crippen molar-refractivity contribution in [2.45, 2.75) is 6.54 Å². The summed E-state index contributed by atoms with van der Waals surface area (Å²) in [6.45, 7) is 1.15. The van der Waals surface area contributed by atoms with Gasteiger partial charge in [-0.1, -0.05) is 60.7 Å². The van der Waals surface area contributed by atoms with Crippen LogP contribution in [0.4, 0.5) is 0 Å². The normalized spacial score (nSPS) is 14.8. The molecule has 0 spiro atoms. The lowest BCUT2D eigenvalue weighted by molar-refractivity contribution is -0.156. The quantitative estimate of drug-likeness (QED) is 0.622. The Morgan fingerprint density at radius 2 is 1.33 bits per heavy atom. The molecule has 1 fully saturated rings. The van der Waals surface area contributed by atoms with Crippen molar-refractivity contribution in [3.8, 4) is 0 Å². The summed E-state index contributed by atoms with van der Waals surface area (Å²) in [7, 11) is 0. The second kappa shape index (κ2) is 7.08. The van der Waals surface area contributed by atoms with Crippen LogP contribution >= 0.6 is 0 Å². The number of Topliss-reactive ketones (excluding diaryl/α,β-unsaturated/α-hetero) is 1. The van der Waals surface area contributed by atoms with Crippen LogP contribution < -0.4 is 0 Å². The fourth-order valence-corrected chi connectivity index (χ4v) is 2.71. The molecule has 0 aromatic heterocycles. The second-order valence-electron chi connectivity index (χ2n) is 5.73. The standard InChI is InChI=1S/C19H18N2O3/c22-17(16-9-5-2-6-10-16)14-21-12-11-20(18(23)19(21)24)13-15-7-3-1-4-8-15/h1-10H,11-14H2. The first-order valence-electron chi connectivity index (χ1n) is 7.85. The van der Waals surface area contributed by atoms with Crippen LogP contribution in [0.5, 0.6) is 0 Å². The highest BCUT2D eigenvalue weighted by molar-refractivity contribution is 6.35. The van der Waals surface area contributed by atoms with Gasteiger partial charge in [0.1, 0.15) is 0 Å². The molecule has 122 valence electrons. The van der Waals surface area contributed by atoms with E-state index in [0.717, 1.165) is 5.56 Å². The zero-order valence-corrected chi connectivity index (χ0v) is 13.2. The van der Waals surface area contributed by atoms with Crippen LogP contribution in [0.2, 0.25) is 0 Å². The van der Waals surface area contributed by atoms with Gasteiger partial charge in [-0.15, -0.1) is 0 Å². The molecule has 5 nitrogen and oxygen atoms in total. The minimum Gasteiger partial charge on any atom is -0.328 e. The topological polar surface area (TPSA) is 57.7 Å². The van der Waals surface area contributed by atoms with Gasteiger partial charge >= 0.3 is 11.8 Å². The van der Waals surface area contributed by atoms with E-state index in [1.807, 2.05) is 36.4 Å². The van der Waals surface area contributed by atoms with Crippen LogP contribution in [0.1, 0.15) is 15.9 Å². The van der Waals surface area contributed by atoms with Crippen LogP contribution in [0, 0.1) is 0 Å². The van der Waals surface area contributed by atoms with Gasteiger partial charge in [-0.3, -0.25) is 14.4 Å². The van der Waals surface area contributed by atoms with E-state index in [2.05, 4.69) is 0 Å². The molecule has 1 aliphatic rings. The van der Waals surface area contributed by atoms with E-state index in [4.69, 9.17) is 0 Å². The van der Waals surface area contributed by atoms with Crippen LogP contribution in [0.25, 0.3) is 0 Å². The molecule has 1 aliphatic heterocycles. The number of benzene rings is 2. The summed E-state index contributed by atoms with van der Waals surface area (Å²) < 4.78 is 0. The predicted octanol–water partition coefficient (Wildman–Crippen LogP) is 1.74. The molecule has 3 rings (SSSR count). The number of ketones is 1. The first-order valence-corrected chi connectivity index (χ1v) is 7.85. The number of amides is 2. The molecule has 2 aromatic carbocycles. The molecule has 2 aromatic rings. The van der Waals surface area contributed by atoms with Crippen molar-refractivity contribution < 1.29 is 14.4 Å². The van der Waals surface area contributed by atoms with E-state index in [9.17, 15) is 14.4 Å². The summed E-state index contributed by atoms with van der Waals surface area (Å²) >= 11 is 0. The van der Waals surface area contributed by atoms with Crippen molar-refractivity contribution >= 4 is 17.6 Å². The maximum absolute atomic E-state index is 12.3. The van der Waals surface area contributed by atoms with Crippen LogP contribution in [-0.4, -0.2) is 47.0 Å². The van der Waals surface area contributed by atoms with Gasteiger partial charge in [-0.25, -0.2) is 0 Å². The van der Waals surface area contributed by atoms with E-state index in [0.29, 0.717) is 25.2 Å². The fraction of sp³-hybridized carbons (Fsp3) is 0.211. The maximum atomic E-state index is 12.3. The van der Waals surface area contributed by atoms with Crippen molar-refractivity contribution in [3.63, 3.8) is 0 Å². The highest BCUT2D eigenvalue weighted by atomic mass is 16.2. The van der Waals surface area contributed by atoms with Crippen LogP contribution in [0.15, 0.2) is 60.7 Å². The molecule has 0 N–H and O–H groups in total. The molecule has 5 heteroatoms. The number of hydrogen-bond acceptors (Lipinski definition) is 3.